The number of nitrogens with one attached hydrogen (secondary N) is 2. The molecule has 2 aliphatic rings. The van der Waals surface area contributed by atoms with E-state index in [1.807, 2.05) is 6.07 Å². The Hall–Kier alpha value is -2.69. The Morgan fingerprint density at radius 1 is 0.767 bits per heavy atom. The van der Waals surface area contributed by atoms with Gasteiger partial charge < -0.3 is 19.8 Å². The Kier molecular flexibility index (Phi) is 4.46. The van der Waals surface area contributed by atoms with Gasteiger partial charge in [-0.3, -0.25) is 0 Å². The fourth-order valence-corrected chi connectivity index (χ4v) is 4.18. The van der Waals surface area contributed by atoms with Crippen LogP contribution in [0.2, 0.25) is 0 Å². The molecule has 2 heterocycles. The Labute approximate surface area is 178 Å². The van der Waals surface area contributed by atoms with Crippen molar-refractivity contribution in [3.05, 3.63) is 78.3 Å². The molecule has 0 spiro atoms. The maximum absolute atomic E-state index is 6.28. The van der Waals surface area contributed by atoms with Crippen LogP contribution in [-0.2, 0) is 9.31 Å². The van der Waals surface area contributed by atoms with E-state index in [2.05, 4.69) is 105 Å². The van der Waals surface area contributed by atoms with Crippen LogP contribution >= 0.6 is 0 Å². The summed E-state index contributed by atoms with van der Waals surface area (Å²) in [5, 5.41) is 9.81. The lowest BCUT2D eigenvalue weighted by molar-refractivity contribution is 0.00578. The van der Waals surface area contributed by atoms with E-state index < -0.39 is 7.12 Å². The zero-order chi connectivity index (χ0) is 20.9. The third-order valence-corrected chi connectivity index (χ3v) is 6.51. The van der Waals surface area contributed by atoms with Gasteiger partial charge in [-0.05, 0) is 56.2 Å². The third-order valence-electron chi connectivity index (χ3n) is 6.51. The van der Waals surface area contributed by atoms with Crippen molar-refractivity contribution in [3.8, 4) is 0 Å². The second-order valence-electron chi connectivity index (χ2n) is 9.04. The fraction of sp³-hybridized carbons (Fsp3) is 0.250. The first-order valence-electron chi connectivity index (χ1n) is 10.5. The van der Waals surface area contributed by atoms with Crippen molar-refractivity contribution in [2.45, 2.75) is 38.9 Å². The molecule has 1 saturated heterocycles. The maximum Gasteiger partial charge on any atom is 0.486 e. The van der Waals surface area contributed by atoms with Crippen molar-refractivity contribution >= 4 is 41.7 Å². The van der Waals surface area contributed by atoms with E-state index in [1.54, 1.807) is 0 Å². The van der Waals surface area contributed by atoms with E-state index in [-0.39, 0.29) is 18.2 Å². The molecule has 0 bridgehead atoms. The summed E-state index contributed by atoms with van der Waals surface area (Å²) >= 11 is 0. The van der Waals surface area contributed by atoms with Crippen LogP contribution in [0.3, 0.4) is 0 Å². The van der Waals surface area contributed by atoms with Gasteiger partial charge in [0.2, 0.25) is 0 Å². The molecule has 0 aromatic heterocycles. The highest BCUT2D eigenvalue weighted by atomic mass is 16.7. The topological polar surface area (TPSA) is 42.5 Å². The quantitative estimate of drug-likeness (QED) is 0.581. The maximum atomic E-state index is 6.28. The Morgan fingerprint density at radius 3 is 1.90 bits per heavy atom. The second-order valence-corrected chi connectivity index (χ2v) is 9.04. The molecule has 2 aliphatic heterocycles. The van der Waals surface area contributed by atoms with Gasteiger partial charge in [0.1, 0.15) is 0 Å². The molecular weight excluding hydrogens is 370 g/mol. The minimum Gasteiger partial charge on any atom is -0.405 e. The highest BCUT2D eigenvalue weighted by molar-refractivity contribution is 6.86. The molecular formula is C24H26B2N2O2. The number of hydrogen-bond donors (Lipinski definition) is 2. The lowest BCUT2D eigenvalue weighted by Crippen LogP contribution is -2.41. The molecule has 5 rings (SSSR count). The SMILES string of the molecule is CC1(C)OB(/C=C(\B2Nc3cccc4cccc(c34)N2)c2ccccc2)OC1(C)C. The Balaban J connectivity index is 1.56. The zero-order valence-corrected chi connectivity index (χ0v) is 17.9. The summed E-state index contributed by atoms with van der Waals surface area (Å²) < 4.78 is 12.6. The molecule has 150 valence electrons. The van der Waals surface area contributed by atoms with Gasteiger partial charge in [0.05, 0.1) is 11.2 Å². The summed E-state index contributed by atoms with van der Waals surface area (Å²) in [7, 11) is -0.415. The van der Waals surface area contributed by atoms with Gasteiger partial charge in [-0.1, -0.05) is 60.6 Å². The normalized spacial score (nSPS) is 19.5. The van der Waals surface area contributed by atoms with Crippen LogP contribution in [-0.4, -0.2) is 25.3 Å². The van der Waals surface area contributed by atoms with Crippen molar-refractivity contribution in [1.29, 1.82) is 0 Å². The summed E-state index contributed by atoms with van der Waals surface area (Å²) in [6.45, 7) is 8.22. The fourth-order valence-electron chi connectivity index (χ4n) is 4.18. The van der Waals surface area contributed by atoms with E-state index in [4.69, 9.17) is 9.31 Å². The van der Waals surface area contributed by atoms with E-state index >= 15 is 0 Å². The van der Waals surface area contributed by atoms with Gasteiger partial charge in [-0.15, -0.1) is 0 Å². The Bertz CT molecular complexity index is 1070. The first kappa shape index (κ1) is 19.3. The number of rotatable bonds is 3. The summed E-state index contributed by atoms with van der Waals surface area (Å²) in [6.07, 6.45) is 0. The molecule has 0 amide bonds. The third kappa shape index (κ3) is 3.21. The average molecular weight is 396 g/mol. The Morgan fingerprint density at radius 2 is 1.33 bits per heavy atom. The smallest absolute Gasteiger partial charge is 0.405 e. The summed E-state index contributed by atoms with van der Waals surface area (Å²) in [5.74, 6) is 2.10. The van der Waals surface area contributed by atoms with Crippen LogP contribution in [0.1, 0.15) is 33.3 Å². The summed E-state index contributed by atoms with van der Waals surface area (Å²) in [5.41, 5.74) is 3.73. The van der Waals surface area contributed by atoms with Gasteiger partial charge >= 0.3 is 14.1 Å². The molecule has 0 saturated carbocycles. The van der Waals surface area contributed by atoms with Crippen LogP contribution in [0.25, 0.3) is 16.2 Å². The van der Waals surface area contributed by atoms with Gasteiger partial charge in [0, 0.05) is 16.8 Å². The van der Waals surface area contributed by atoms with Crippen molar-refractivity contribution in [3.63, 3.8) is 0 Å². The second kappa shape index (κ2) is 6.93. The average Bonchev–Trinajstić information content (AvgIpc) is 2.93. The molecule has 0 aliphatic carbocycles. The number of benzene rings is 3. The van der Waals surface area contributed by atoms with E-state index in [9.17, 15) is 0 Å². The van der Waals surface area contributed by atoms with Crippen molar-refractivity contribution in [2.24, 2.45) is 0 Å². The molecule has 1 fully saturated rings. The molecule has 30 heavy (non-hydrogen) atoms. The molecule has 0 atom stereocenters. The molecule has 4 nitrogen and oxygen atoms in total. The number of anilines is 2. The lowest BCUT2D eigenvalue weighted by Gasteiger charge is -2.32. The number of hydrogen-bond acceptors (Lipinski definition) is 4. The van der Waals surface area contributed by atoms with Crippen LogP contribution in [0.4, 0.5) is 11.4 Å². The van der Waals surface area contributed by atoms with E-state index in [0.29, 0.717) is 0 Å². The minimum atomic E-state index is -0.415. The van der Waals surface area contributed by atoms with Gasteiger partial charge in [0.15, 0.2) is 0 Å². The van der Waals surface area contributed by atoms with Crippen molar-refractivity contribution in [1.82, 2.24) is 0 Å². The van der Waals surface area contributed by atoms with Crippen LogP contribution < -0.4 is 10.5 Å². The molecule has 0 unspecified atom stereocenters. The van der Waals surface area contributed by atoms with Gasteiger partial charge in [-0.25, -0.2) is 0 Å². The largest absolute Gasteiger partial charge is 0.486 e. The summed E-state index contributed by atoms with van der Waals surface area (Å²) in [6, 6.07) is 23.2. The standard InChI is InChI=1S/C24H26B2N2O2/c1-23(2)24(3,4)30-25(29-23)16-19(17-10-6-5-7-11-17)26-27-20-14-8-12-18-13-9-15-21(28-26)22(18)20/h5-16,27-28H,1-4H3/b19-16-. The van der Waals surface area contributed by atoms with Gasteiger partial charge in [0.25, 0.3) is 0 Å². The van der Waals surface area contributed by atoms with Crippen molar-refractivity contribution < 1.29 is 9.31 Å². The molecule has 3 aromatic carbocycles. The first-order valence-corrected chi connectivity index (χ1v) is 10.5. The molecule has 2 N–H and O–H groups in total. The van der Waals surface area contributed by atoms with Crippen LogP contribution in [0.15, 0.2) is 72.7 Å². The minimum absolute atomic E-state index is 0.105. The highest BCUT2D eigenvalue weighted by Gasteiger charge is 2.50. The van der Waals surface area contributed by atoms with Gasteiger partial charge in [-0.2, -0.15) is 0 Å². The van der Waals surface area contributed by atoms with E-state index in [1.165, 1.54) is 10.8 Å². The molecule has 0 radical (unpaired) electrons. The molecule has 6 heteroatoms. The van der Waals surface area contributed by atoms with Crippen LogP contribution in [0, 0.1) is 0 Å². The van der Waals surface area contributed by atoms with Crippen LogP contribution in [0.5, 0.6) is 0 Å². The summed E-state index contributed by atoms with van der Waals surface area (Å²) in [4.78, 5) is 0. The monoisotopic (exact) mass is 396 g/mol. The predicted molar refractivity (Wildman–Crippen MR) is 127 cm³/mol. The first-order chi connectivity index (χ1) is 14.3. The zero-order valence-electron chi connectivity index (χ0n) is 17.9. The molecule has 3 aromatic rings. The highest BCUT2D eigenvalue weighted by Crippen LogP contribution is 2.39. The van der Waals surface area contributed by atoms with E-state index in [0.717, 1.165) is 22.4 Å². The predicted octanol–water partition coefficient (Wildman–Crippen LogP) is 5.42. The lowest BCUT2D eigenvalue weighted by atomic mass is 9.59. The van der Waals surface area contributed by atoms with Crippen molar-refractivity contribution in [2.75, 3.05) is 10.5 Å².